The van der Waals surface area contributed by atoms with E-state index in [2.05, 4.69) is 5.32 Å². The Morgan fingerprint density at radius 2 is 2.00 bits per heavy atom. The van der Waals surface area contributed by atoms with E-state index in [1.54, 1.807) is 0 Å². The van der Waals surface area contributed by atoms with Crippen LogP contribution in [0.15, 0.2) is 18.2 Å². The van der Waals surface area contributed by atoms with Gasteiger partial charge in [0.1, 0.15) is 6.54 Å². The van der Waals surface area contributed by atoms with Crippen molar-refractivity contribution in [1.29, 1.82) is 0 Å². The molecule has 1 aromatic carbocycles. The number of rotatable bonds is 2. The van der Waals surface area contributed by atoms with Gasteiger partial charge >= 0.3 is 6.18 Å². The van der Waals surface area contributed by atoms with Crippen molar-refractivity contribution in [3.05, 3.63) is 23.2 Å². The summed E-state index contributed by atoms with van der Waals surface area (Å²) in [6, 6.07) is 4.47. The normalized spacial score (nSPS) is 11.4. The van der Waals surface area contributed by atoms with E-state index in [0.29, 0.717) is 0 Å². The Bertz CT molecular complexity index is 325. The lowest BCUT2D eigenvalue weighted by molar-refractivity contribution is -0.115. The van der Waals surface area contributed by atoms with Crippen LogP contribution in [0.3, 0.4) is 0 Å². The van der Waals surface area contributed by atoms with Crippen LogP contribution < -0.4 is 11.1 Å². The van der Waals surface area contributed by atoms with Crippen molar-refractivity contribution in [2.45, 2.75) is 6.18 Å². The van der Waals surface area contributed by atoms with Crippen LogP contribution in [0.1, 0.15) is 0 Å². The number of hydrogen-bond acceptors (Lipinski definition) is 2. The molecular formula is C8H8ClF3N2. The van der Waals surface area contributed by atoms with Gasteiger partial charge < -0.3 is 11.1 Å². The van der Waals surface area contributed by atoms with Gasteiger partial charge in [0.2, 0.25) is 0 Å². The quantitative estimate of drug-likeness (QED) is 0.758. The van der Waals surface area contributed by atoms with Crippen molar-refractivity contribution in [3.8, 4) is 0 Å². The van der Waals surface area contributed by atoms with Crippen molar-refractivity contribution in [2.24, 2.45) is 0 Å². The van der Waals surface area contributed by atoms with Crippen LogP contribution in [0.2, 0.25) is 5.02 Å². The van der Waals surface area contributed by atoms with E-state index in [9.17, 15) is 13.2 Å². The van der Waals surface area contributed by atoms with Crippen LogP contribution in [0, 0.1) is 0 Å². The molecule has 0 aromatic heterocycles. The molecule has 0 aliphatic carbocycles. The highest BCUT2D eigenvalue weighted by atomic mass is 35.5. The van der Waals surface area contributed by atoms with E-state index in [1.165, 1.54) is 18.2 Å². The van der Waals surface area contributed by atoms with Crippen LogP contribution in [-0.2, 0) is 0 Å². The maximum absolute atomic E-state index is 11.8. The molecule has 0 spiro atoms. The third-order valence-corrected chi connectivity index (χ3v) is 1.86. The molecule has 0 fully saturated rings. The molecule has 2 nitrogen and oxygen atoms in total. The minimum Gasteiger partial charge on any atom is -0.396 e. The molecule has 3 N–H and O–H groups in total. The summed E-state index contributed by atoms with van der Waals surface area (Å²) in [5, 5.41) is 2.39. The van der Waals surface area contributed by atoms with E-state index < -0.39 is 12.7 Å². The first-order valence-electron chi connectivity index (χ1n) is 3.75. The summed E-state index contributed by atoms with van der Waals surface area (Å²) in [6.45, 7) is -1.13. The predicted octanol–water partition coefficient (Wildman–Crippen LogP) is 2.90. The second-order valence-corrected chi connectivity index (χ2v) is 3.08. The van der Waals surface area contributed by atoms with Crippen LogP contribution in [-0.4, -0.2) is 12.7 Å². The van der Waals surface area contributed by atoms with E-state index >= 15 is 0 Å². The summed E-state index contributed by atoms with van der Waals surface area (Å²) in [5.74, 6) is 0. The molecule has 0 amide bonds. The second kappa shape index (κ2) is 3.96. The van der Waals surface area contributed by atoms with Gasteiger partial charge in [0.15, 0.2) is 0 Å². The molecule has 0 aliphatic rings. The molecule has 1 rings (SSSR count). The van der Waals surface area contributed by atoms with Crippen molar-refractivity contribution in [2.75, 3.05) is 17.6 Å². The molecule has 78 valence electrons. The predicted molar refractivity (Wildman–Crippen MR) is 50.4 cm³/mol. The van der Waals surface area contributed by atoms with Gasteiger partial charge in [-0.25, -0.2) is 0 Å². The highest BCUT2D eigenvalue weighted by Crippen LogP contribution is 2.27. The molecule has 6 heteroatoms. The number of nitrogen functional groups attached to an aromatic ring is 1. The number of alkyl halides is 3. The molecule has 0 bridgehead atoms. The molecule has 0 aliphatic heterocycles. The summed E-state index contributed by atoms with van der Waals surface area (Å²) in [4.78, 5) is 0. The third kappa shape index (κ3) is 2.99. The number of nitrogens with one attached hydrogen (secondary N) is 1. The largest absolute Gasteiger partial charge is 0.405 e. The fraction of sp³-hybridized carbons (Fsp3) is 0.250. The first-order chi connectivity index (χ1) is 6.40. The zero-order chi connectivity index (χ0) is 10.8. The van der Waals surface area contributed by atoms with Crippen LogP contribution in [0.4, 0.5) is 24.5 Å². The summed E-state index contributed by atoms with van der Waals surface area (Å²) < 4.78 is 35.5. The van der Waals surface area contributed by atoms with Crippen molar-refractivity contribution < 1.29 is 13.2 Å². The van der Waals surface area contributed by atoms with Crippen LogP contribution in [0.5, 0.6) is 0 Å². The van der Waals surface area contributed by atoms with Crippen molar-refractivity contribution in [1.82, 2.24) is 0 Å². The van der Waals surface area contributed by atoms with Crippen LogP contribution in [0.25, 0.3) is 0 Å². The number of anilines is 2. The van der Waals surface area contributed by atoms with Gasteiger partial charge in [-0.3, -0.25) is 0 Å². The summed E-state index contributed by atoms with van der Waals surface area (Å²) in [6.07, 6.45) is -4.27. The summed E-state index contributed by atoms with van der Waals surface area (Å²) in [5.41, 5.74) is 5.76. The third-order valence-electron chi connectivity index (χ3n) is 1.53. The average Bonchev–Trinajstić information content (AvgIpc) is 2.06. The first kappa shape index (κ1) is 11.0. The van der Waals surface area contributed by atoms with Gasteiger partial charge in [-0.05, 0) is 12.1 Å². The molecule has 0 atom stereocenters. The zero-order valence-electron chi connectivity index (χ0n) is 7.03. The van der Waals surface area contributed by atoms with Crippen LogP contribution >= 0.6 is 11.6 Å². The first-order valence-corrected chi connectivity index (χ1v) is 4.12. The highest BCUT2D eigenvalue weighted by Gasteiger charge is 2.26. The topological polar surface area (TPSA) is 38.0 Å². The lowest BCUT2D eigenvalue weighted by atomic mass is 10.2. The van der Waals surface area contributed by atoms with Gasteiger partial charge in [0.25, 0.3) is 0 Å². The standard InChI is InChI=1S/C8H8ClF3N2/c9-5-2-1-3-6(7(5)13)14-4-8(10,11)12/h1-3,14H,4,13H2. The lowest BCUT2D eigenvalue weighted by Gasteiger charge is -2.11. The van der Waals surface area contributed by atoms with E-state index in [0.717, 1.165) is 0 Å². The Hall–Kier alpha value is -1.10. The fourth-order valence-electron chi connectivity index (χ4n) is 0.887. The summed E-state index contributed by atoms with van der Waals surface area (Å²) in [7, 11) is 0. The smallest absolute Gasteiger partial charge is 0.396 e. The Morgan fingerprint density at radius 1 is 1.36 bits per heavy atom. The minimum absolute atomic E-state index is 0.124. The fourth-order valence-corrected chi connectivity index (χ4v) is 1.06. The highest BCUT2D eigenvalue weighted by molar-refractivity contribution is 6.33. The number of nitrogens with two attached hydrogens (primary N) is 1. The molecular weight excluding hydrogens is 217 g/mol. The number of hydrogen-bond donors (Lipinski definition) is 2. The maximum atomic E-state index is 11.8. The summed E-state index contributed by atoms with van der Waals surface area (Å²) >= 11 is 5.62. The van der Waals surface area contributed by atoms with E-state index in [4.69, 9.17) is 17.3 Å². The van der Waals surface area contributed by atoms with E-state index in [-0.39, 0.29) is 16.4 Å². The van der Waals surface area contributed by atoms with Gasteiger partial charge in [-0.2, -0.15) is 13.2 Å². The zero-order valence-corrected chi connectivity index (χ0v) is 7.78. The Morgan fingerprint density at radius 3 is 2.57 bits per heavy atom. The number of para-hydroxylation sites is 1. The van der Waals surface area contributed by atoms with Gasteiger partial charge in [-0.15, -0.1) is 0 Å². The maximum Gasteiger partial charge on any atom is 0.405 e. The molecule has 0 saturated carbocycles. The number of halogens is 4. The van der Waals surface area contributed by atoms with Gasteiger partial charge in [-0.1, -0.05) is 17.7 Å². The average molecular weight is 225 g/mol. The van der Waals surface area contributed by atoms with Gasteiger partial charge in [0, 0.05) is 0 Å². The monoisotopic (exact) mass is 224 g/mol. The molecule has 0 radical (unpaired) electrons. The van der Waals surface area contributed by atoms with Crippen molar-refractivity contribution in [3.63, 3.8) is 0 Å². The number of benzene rings is 1. The molecule has 0 heterocycles. The van der Waals surface area contributed by atoms with Gasteiger partial charge in [0.05, 0.1) is 16.4 Å². The molecule has 0 unspecified atom stereocenters. The Balaban J connectivity index is 2.73. The molecule has 14 heavy (non-hydrogen) atoms. The lowest BCUT2D eigenvalue weighted by Crippen LogP contribution is -2.21. The Labute approximate surface area is 83.9 Å². The molecule has 0 saturated heterocycles. The van der Waals surface area contributed by atoms with E-state index in [1.807, 2.05) is 0 Å². The Kier molecular flexibility index (Phi) is 3.10. The molecule has 1 aromatic rings. The SMILES string of the molecule is Nc1c(Cl)cccc1NCC(F)(F)F. The van der Waals surface area contributed by atoms with Crippen molar-refractivity contribution >= 4 is 23.0 Å². The minimum atomic E-state index is -4.27. The second-order valence-electron chi connectivity index (χ2n) is 2.67.